The molecule has 1 aliphatic rings. The molecule has 2 atom stereocenters. The van der Waals surface area contributed by atoms with Crippen molar-refractivity contribution in [1.82, 2.24) is 4.98 Å². The molecule has 1 aliphatic heterocycles. The number of hydrogen-bond donors (Lipinski definition) is 1. The zero-order chi connectivity index (χ0) is 12.8. The summed E-state index contributed by atoms with van der Waals surface area (Å²) in [5.41, 5.74) is 7.19. The summed E-state index contributed by atoms with van der Waals surface area (Å²) >= 11 is 0. The van der Waals surface area contributed by atoms with Gasteiger partial charge in [-0.05, 0) is 38.2 Å². The highest BCUT2D eigenvalue weighted by molar-refractivity contribution is 5.28. The molecular formula is C14H22N2O2. The van der Waals surface area contributed by atoms with Crippen molar-refractivity contribution in [3.8, 4) is 5.88 Å². The van der Waals surface area contributed by atoms with E-state index in [0.717, 1.165) is 31.4 Å². The number of rotatable bonds is 6. The fourth-order valence-corrected chi connectivity index (χ4v) is 2.45. The Bertz CT molecular complexity index is 365. The minimum Gasteiger partial charge on any atom is -0.481 e. The van der Waals surface area contributed by atoms with Crippen LogP contribution in [0.25, 0.3) is 0 Å². The molecule has 1 aromatic heterocycles. The topological polar surface area (TPSA) is 57.4 Å². The molecule has 1 aromatic rings. The van der Waals surface area contributed by atoms with Gasteiger partial charge in [0.05, 0.1) is 13.2 Å². The lowest BCUT2D eigenvalue weighted by molar-refractivity contribution is 0.101. The molecule has 2 N–H and O–H groups in total. The summed E-state index contributed by atoms with van der Waals surface area (Å²) in [5, 5.41) is 0. The molecule has 1 saturated heterocycles. The second kappa shape index (κ2) is 6.71. The summed E-state index contributed by atoms with van der Waals surface area (Å²) < 4.78 is 10.8. The highest BCUT2D eigenvalue weighted by atomic mass is 16.5. The van der Waals surface area contributed by atoms with Crippen LogP contribution in [-0.4, -0.2) is 24.8 Å². The normalized spacial score (nSPS) is 20.9. The van der Waals surface area contributed by atoms with E-state index in [0.29, 0.717) is 12.0 Å². The quantitative estimate of drug-likeness (QED) is 0.842. The maximum absolute atomic E-state index is 6.20. The van der Waals surface area contributed by atoms with Crippen LogP contribution in [0.2, 0.25) is 0 Å². The molecule has 4 heteroatoms. The summed E-state index contributed by atoms with van der Waals surface area (Å²) in [4.78, 5) is 4.18. The predicted octanol–water partition coefficient (Wildman–Crippen LogP) is 2.44. The highest BCUT2D eigenvalue weighted by Gasteiger charge is 2.17. The van der Waals surface area contributed by atoms with Crippen LogP contribution < -0.4 is 10.5 Å². The van der Waals surface area contributed by atoms with E-state index in [-0.39, 0.29) is 6.04 Å². The first kappa shape index (κ1) is 13.3. The van der Waals surface area contributed by atoms with E-state index in [1.165, 1.54) is 12.8 Å². The molecule has 0 aromatic carbocycles. The Morgan fingerprint density at radius 2 is 2.50 bits per heavy atom. The molecular weight excluding hydrogens is 228 g/mol. The first-order chi connectivity index (χ1) is 8.81. The molecule has 1 fully saturated rings. The van der Waals surface area contributed by atoms with Gasteiger partial charge in [-0.25, -0.2) is 4.98 Å². The smallest absolute Gasteiger partial charge is 0.217 e. The summed E-state index contributed by atoms with van der Waals surface area (Å²) in [7, 11) is 1.63. The van der Waals surface area contributed by atoms with Crippen molar-refractivity contribution in [2.24, 2.45) is 5.73 Å². The highest BCUT2D eigenvalue weighted by Crippen LogP contribution is 2.26. The third kappa shape index (κ3) is 3.43. The number of hydrogen-bond acceptors (Lipinski definition) is 4. The van der Waals surface area contributed by atoms with Crippen LogP contribution in [0.15, 0.2) is 18.3 Å². The average molecular weight is 250 g/mol. The van der Waals surface area contributed by atoms with Gasteiger partial charge in [0, 0.05) is 24.4 Å². The minimum absolute atomic E-state index is 0.00458. The first-order valence-corrected chi connectivity index (χ1v) is 6.67. The van der Waals surface area contributed by atoms with Crippen LogP contribution >= 0.6 is 0 Å². The zero-order valence-electron chi connectivity index (χ0n) is 11.0. The second-order valence-corrected chi connectivity index (χ2v) is 4.77. The number of ether oxygens (including phenoxy) is 2. The van der Waals surface area contributed by atoms with Crippen molar-refractivity contribution in [2.75, 3.05) is 13.7 Å². The van der Waals surface area contributed by atoms with Crippen LogP contribution in [0, 0.1) is 0 Å². The lowest BCUT2D eigenvalue weighted by atomic mass is 10.0. The van der Waals surface area contributed by atoms with Crippen LogP contribution in [0.4, 0.5) is 0 Å². The molecule has 0 amide bonds. The van der Waals surface area contributed by atoms with Gasteiger partial charge in [0.15, 0.2) is 0 Å². The van der Waals surface area contributed by atoms with Gasteiger partial charge >= 0.3 is 0 Å². The fourth-order valence-electron chi connectivity index (χ4n) is 2.45. The second-order valence-electron chi connectivity index (χ2n) is 4.77. The Kier molecular flexibility index (Phi) is 4.96. The van der Waals surface area contributed by atoms with Crippen molar-refractivity contribution >= 4 is 0 Å². The number of methoxy groups -OCH3 is 1. The largest absolute Gasteiger partial charge is 0.481 e. The predicted molar refractivity (Wildman–Crippen MR) is 70.5 cm³/mol. The molecule has 2 rings (SSSR count). The molecule has 4 nitrogen and oxygen atoms in total. The van der Waals surface area contributed by atoms with Crippen molar-refractivity contribution in [1.29, 1.82) is 0 Å². The standard InChI is InChI=1S/C14H22N2O2/c1-17-14-12(7-3-9-16-14)13(15)8-2-5-11-6-4-10-18-11/h3,7,9,11,13H,2,4-6,8,10,15H2,1H3. The van der Waals surface area contributed by atoms with Crippen molar-refractivity contribution in [3.63, 3.8) is 0 Å². The van der Waals surface area contributed by atoms with Gasteiger partial charge in [-0.1, -0.05) is 6.07 Å². The monoisotopic (exact) mass is 250 g/mol. The lowest BCUT2D eigenvalue weighted by Gasteiger charge is -2.15. The molecule has 2 heterocycles. The summed E-state index contributed by atoms with van der Waals surface area (Å²) in [6.45, 7) is 0.924. The fraction of sp³-hybridized carbons (Fsp3) is 0.643. The molecule has 2 unspecified atom stereocenters. The average Bonchev–Trinajstić information content (AvgIpc) is 2.91. The van der Waals surface area contributed by atoms with Gasteiger partial charge in [0.25, 0.3) is 0 Å². The SMILES string of the molecule is COc1ncccc1C(N)CCCC1CCCO1. The van der Waals surface area contributed by atoms with Crippen molar-refractivity contribution in [3.05, 3.63) is 23.9 Å². The zero-order valence-corrected chi connectivity index (χ0v) is 11.0. The molecule has 0 spiro atoms. The van der Waals surface area contributed by atoms with Crippen LogP contribution in [0.1, 0.15) is 43.7 Å². The van der Waals surface area contributed by atoms with E-state index in [9.17, 15) is 0 Å². The van der Waals surface area contributed by atoms with E-state index in [1.54, 1.807) is 13.3 Å². The van der Waals surface area contributed by atoms with Gasteiger partial charge in [-0.15, -0.1) is 0 Å². The van der Waals surface area contributed by atoms with Crippen LogP contribution in [0.3, 0.4) is 0 Å². The number of nitrogens with zero attached hydrogens (tertiary/aromatic N) is 1. The molecule has 18 heavy (non-hydrogen) atoms. The first-order valence-electron chi connectivity index (χ1n) is 6.67. The molecule has 100 valence electrons. The number of pyridine rings is 1. The molecule has 0 aliphatic carbocycles. The number of nitrogens with two attached hydrogens (primary N) is 1. The van der Waals surface area contributed by atoms with Gasteiger partial charge in [-0.3, -0.25) is 0 Å². The summed E-state index contributed by atoms with van der Waals surface area (Å²) in [6.07, 6.45) is 7.72. The summed E-state index contributed by atoms with van der Waals surface area (Å²) in [5.74, 6) is 0.641. The Morgan fingerprint density at radius 3 is 3.22 bits per heavy atom. The van der Waals surface area contributed by atoms with E-state index >= 15 is 0 Å². The Labute approximate surface area is 108 Å². The van der Waals surface area contributed by atoms with E-state index in [1.807, 2.05) is 12.1 Å². The third-order valence-electron chi connectivity index (χ3n) is 3.46. The van der Waals surface area contributed by atoms with E-state index < -0.39 is 0 Å². The van der Waals surface area contributed by atoms with Gasteiger partial charge < -0.3 is 15.2 Å². The van der Waals surface area contributed by atoms with Crippen LogP contribution in [-0.2, 0) is 4.74 Å². The number of aromatic nitrogens is 1. The van der Waals surface area contributed by atoms with Crippen molar-refractivity contribution in [2.45, 2.75) is 44.2 Å². The Balaban J connectivity index is 1.81. The summed E-state index contributed by atoms with van der Waals surface area (Å²) in [6, 6.07) is 3.88. The molecule has 0 radical (unpaired) electrons. The maximum Gasteiger partial charge on any atom is 0.217 e. The van der Waals surface area contributed by atoms with Gasteiger partial charge in [0.2, 0.25) is 5.88 Å². The maximum atomic E-state index is 6.20. The molecule has 0 bridgehead atoms. The van der Waals surface area contributed by atoms with Gasteiger partial charge in [0.1, 0.15) is 0 Å². The lowest BCUT2D eigenvalue weighted by Crippen LogP contribution is -2.13. The molecule has 0 saturated carbocycles. The van der Waals surface area contributed by atoms with E-state index in [2.05, 4.69) is 4.98 Å². The third-order valence-corrected chi connectivity index (χ3v) is 3.46. The van der Waals surface area contributed by atoms with Gasteiger partial charge in [-0.2, -0.15) is 0 Å². The Hall–Kier alpha value is -1.13. The van der Waals surface area contributed by atoms with Crippen LogP contribution in [0.5, 0.6) is 5.88 Å². The van der Waals surface area contributed by atoms with Crippen molar-refractivity contribution < 1.29 is 9.47 Å². The van der Waals surface area contributed by atoms with E-state index in [4.69, 9.17) is 15.2 Å². The Morgan fingerprint density at radius 1 is 1.61 bits per heavy atom. The minimum atomic E-state index is -0.00458.